The first-order chi connectivity index (χ1) is 8.02. The van der Waals surface area contributed by atoms with E-state index in [4.69, 9.17) is 10.00 Å². The van der Waals surface area contributed by atoms with Crippen molar-refractivity contribution in [1.82, 2.24) is 4.98 Å². The summed E-state index contributed by atoms with van der Waals surface area (Å²) in [4.78, 5) is 4.65. The smallest absolute Gasteiger partial charge is 0.116 e. The fourth-order valence-electron chi connectivity index (χ4n) is 1.97. The average Bonchev–Trinajstić information content (AvgIpc) is 2.77. The summed E-state index contributed by atoms with van der Waals surface area (Å²) in [5.74, 6) is -0.0429. The Morgan fingerprint density at radius 1 is 1.53 bits per heavy atom. The fourth-order valence-corrected chi connectivity index (χ4v) is 2.90. The van der Waals surface area contributed by atoms with Crippen molar-refractivity contribution in [1.29, 1.82) is 5.26 Å². The zero-order valence-electron chi connectivity index (χ0n) is 10.6. The molecular formula is C13H18N2OS. The molecule has 0 amide bonds. The minimum Gasteiger partial charge on any atom is -0.371 e. The number of hydrogen-bond donors (Lipinski definition) is 0. The van der Waals surface area contributed by atoms with Crippen LogP contribution in [-0.2, 0) is 10.2 Å². The summed E-state index contributed by atoms with van der Waals surface area (Å²) >= 11 is 1.66. The van der Waals surface area contributed by atoms with Crippen molar-refractivity contribution < 1.29 is 4.74 Å². The van der Waals surface area contributed by atoms with E-state index >= 15 is 0 Å². The second-order valence-corrected chi connectivity index (χ2v) is 6.35. The topological polar surface area (TPSA) is 45.9 Å². The molecule has 0 N–H and O–H groups in total. The van der Waals surface area contributed by atoms with Gasteiger partial charge in [0.25, 0.3) is 0 Å². The minimum absolute atomic E-state index is 0.0429. The number of thiazole rings is 1. The first-order valence-corrected chi connectivity index (χ1v) is 6.87. The van der Waals surface area contributed by atoms with Gasteiger partial charge in [-0.2, -0.15) is 5.26 Å². The summed E-state index contributed by atoms with van der Waals surface area (Å²) < 4.78 is 5.72. The molecule has 1 aromatic rings. The summed E-state index contributed by atoms with van der Waals surface area (Å²) in [5, 5.41) is 12.3. The van der Waals surface area contributed by atoms with Crippen molar-refractivity contribution in [2.45, 2.75) is 45.1 Å². The van der Waals surface area contributed by atoms with Crippen LogP contribution in [-0.4, -0.2) is 11.6 Å². The fraction of sp³-hybridized carbons (Fsp3) is 0.692. The minimum atomic E-state index is -0.124. The molecule has 0 spiro atoms. The SMILES string of the molecule is CC(C)(C)c1nc(C2OCCCC2C#N)cs1. The molecule has 2 unspecified atom stereocenters. The molecular weight excluding hydrogens is 232 g/mol. The van der Waals surface area contributed by atoms with Crippen LogP contribution in [0.4, 0.5) is 0 Å². The Labute approximate surface area is 106 Å². The molecule has 2 atom stereocenters. The van der Waals surface area contributed by atoms with Crippen molar-refractivity contribution >= 4 is 11.3 Å². The molecule has 92 valence electrons. The van der Waals surface area contributed by atoms with Gasteiger partial charge in [-0.1, -0.05) is 20.8 Å². The predicted octanol–water partition coefficient (Wildman–Crippen LogP) is 3.43. The zero-order valence-corrected chi connectivity index (χ0v) is 11.4. The Kier molecular flexibility index (Phi) is 3.50. The summed E-state index contributed by atoms with van der Waals surface area (Å²) in [6, 6.07) is 2.34. The molecule has 3 nitrogen and oxygen atoms in total. The van der Waals surface area contributed by atoms with Crippen LogP contribution in [0.25, 0.3) is 0 Å². The number of ether oxygens (including phenoxy) is 1. The monoisotopic (exact) mass is 250 g/mol. The highest BCUT2D eigenvalue weighted by Crippen LogP contribution is 2.35. The lowest BCUT2D eigenvalue weighted by atomic mass is 9.94. The van der Waals surface area contributed by atoms with E-state index in [-0.39, 0.29) is 17.4 Å². The molecule has 1 aliphatic heterocycles. The highest BCUT2D eigenvalue weighted by molar-refractivity contribution is 7.09. The molecule has 0 bridgehead atoms. The van der Waals surface area contributed by atoms with Gasteiger partial charge in [0.1, 0.15) is 6.10 Å². The molecule has 17 heavy (non-hydrogen) atoms. The van der Waals surface area contributed by atoms with E-state index in [1.807, 2.05) is 5.38 Å². The summed E-state index contributed by atoms with van der Waals surface area (Å²) in [7, 11) is 0. The largest absolute Gasteiger partial charge is 0.371 e. The first-order valence-electron chi connectivity index (χ1n) is 5.99. The van der Waals surface area contributed by atoms with E-state index in [0.29, 0.717) is 0 Å². The molecule has 1 aliphatic rings. The molecule has 0 saturated carbocycles. The number of aromatic nitrogens is 1. The predicted molar refractivity (Wildman–Crippen MR) is 67.8 cm³/mol. The van der Waals surface area contributed by atoms with Gasteiger partial charge in [-0.3, -0.25) is 0 Å². The number of nitriles is 1. The van der Waals surface area contributed by atoms with E-state index in [1.54, 1.807) is 11.3 Å². The Morgan fingerprint density at radius 2 is 2.29 bits per heavy atom. The van der Waals surface area contributed by atoms with Crippen LogP contribution in [0.5, 0.6) is 0 Å². The molecule has 4 heteroatoms. The van der Waals surface area contributed by atoms with Gasteiger partial charge >= 0.3 is 0 Å². The second-order valence-electron chi connectivity index (χ2n) is 5.50. The molecule has 1 saturated heterocycles. The van der Waals surface area contributed by atoms with E-state index < -0.39 is 0 Å². The van der Waals surface area contributed by atoms with Gasteiger partial charge in [0.05, 0.1) is 22.7 Å². The molecule has 2 rings (SSSR count). The number of rotatable bonds is 1. The van der Waals surface area contributed by atoms with Gasteiger partial charge < -0.3 is 4.74 Å². The van der Waals surface area contributed by atoms with E-state index in [1.165, 1.54) is 0 Å². The third kappa shape index (κ3) is 2.67. The Balaban J connectivity index is 2.22. The Bertz CT molecular complexity index is 427. The lowest BCUT2D eigenvalue weighted by Crippen LogP contribution is -2.22. The Morgan fingerprint density at radius 3 is 2.88 bits per heavy atom. The van der Waals surface area contributed by atoms with E-state index in [9.17, 15) is 0 Å². The van der Waals surface area contributed by atoms with Crippen LogP contribution in [0.3, 0.4) is 0 Å². The number of nitrogens with zero attached hydrogens (tertiary/aromatic N) is 2. The lowest BCUT2D eigenvalue weighted by Gasteiger charge is -2.25. The van der Waals surface area contributed by atoms with Gasteiger partial charge in [-0.25, -0.2) is 4.98 Å². The normalized spacial score (nSPS) is 25.5. The zero-order chi connectivity index (χ0) is 12.5. The molecule has 1 aromatic heterocycles. The standard InChI is InChI=1S/C13H18N2OS/c1-13(2,3)12-15-10(8-17-12)11-9(7-14)5-4-6-16-11/h8-9,11H,4-6H2,1-3H3. The molecule has 0 aromatic carbocycles. The molecule has 0 aliphatic carbocycles. The van der Waals surface area contributed by atoms with E-state index in [0.717, 1.165) is 30.2 Å². The van der Waals surface area contributed by atoms with Crippen molar-refractivity contribution in [3.63, 3.8) is 0 Å². The lowest BCUT2D eigenvalue weighted by molar-refractivity contribution is -0.0125. The number of hydrogen-bond acceptors (Lipinski definition) is 4. The van der Waals surface area contributed by atoms with Crippen LogP contribution in [0.2, 0.25) is 0 Å². The first kappa shape index (κ1) is 12.5. The van der Waals surface area contributed by atoms with Crippen LogP contribution >= 0.6 is 11.3 Å². The molecule has 2 heterocycles. The van der Waals surface area contributed by atoms with Crippen LogP contribution in [0, 0.1) is 17.2 Å². The summed E-state index contributed by atoms with van der Waals surface area (Å²) in [6.07, 6.45) is 1.77. The maximum atomic E-state index is 9.14. The highest BCUT2D eigenvalue weighted by atomic mass is 32.1. The van der Waals surface area contributed by atoms with Crippen molar-refractivity contribution in [3.8, 4) is 6.07 Å². The van der Waals surface area contributed by atoms with Crippen LogP contribution in [0.15, 0.2) is 5.38 Å². The third-order valence-corrected chi connectivity index (χ3v) is 4.23. The summed E-state index contributed by atoms with van der Waals surface area (Å²) in [5.41, 5.74) is 1.01. The molecule has 1 fully saturated rings. The third-order valence-electron chi connectivity index (χ3n) is 2.94. The van der Waals surface area contributed by atoms with Crippen molar-refractivity contribution in [2.24, 2.45) is 5.92 Å². The van der Waals surface area contributed by atoms with Crippen LogP contribution < -0.4 is 0 Å². The molecule has 0 radical (unpaired) electrons. The van der Waals surface area contributed by atoms with E-state index in [2.05, 4.69) is 31.8 Å². The average molecular weight is 250 g/mol. The van der Waals surface area contributed by atoms with Crippen molar-refractivity contribution in [2.75, 3.05) is 6.61 Å². The van der Waals surface area contributed by atoms with Gasteiger partial charge in [0.2, 0.25) is 0 Å². The van der Waals surface area contributed by atoms with Crippen molar-refractivity contribution in [3.05, 3.63) is 16.1 Å². The van der Waals surface area contributed by atoms with Gasteiger partial charge in [0, 0.05) is 17.4 Å². The maximum Gasteiger partial charge on any atom is 0.116 e. The van der Waals surface area contributed by atoms with Gasteiger partial charge in [-0.15, -0.1) is 11.3 Å². The van der Waals surface area contributed by atoms with Gasteiger partial charge in [-0.05, 0) is 12.8 Å². The Hall–Kier alpha value is -0.920. The second kappa shape index (κ2) is 4.75. The maximum absolute atomic E-state index is 9.14. The van der Waals surface area contributed by atoms with Crippen LogP contribution in [0.1, 0.15) is 50.4 Å². The quantitative estimate of drug-likeness (QED) is 0.767. The summed E-state index contributed by atoms with van der Waals surface area (Å²) in [6.45, 7) is 7.20. The highest BCUT2D eigenvalue weighted by Gasteiger charge is 2.30. The van der Waals surface area contributed by atoms with Gasteiger partial charge in [0.15, 0.2) is 0 Å².